The van der Waals surface area contributed by atoms with Crippen molar-refractivity contribution in [3.8, 4) is 0 Å². The molecule has 0 bridgehead atoms. The summed E-state index contributed by atoms with van der Waals surface area (Å²) in [5.41, 5.74) is 0.909. The van der Waals surface area contributed by atoms with Gasteiger partial charge in [0.25, 0.3) is 0 Å². The maximum absolute atomic E-state index is 13.2. The van der Waals surface area contributed by atoms with Crippen LogP contribution in [0.3, 0.4) is 0 Å². The number of aromatic nitrogens is 1. The molecular formula is C21H26FN5O2. The van der Waals surface area contributed by atoms with Crippen LogP contribution in [0, 0.1) is 11.7 Å². The Hall–Kier alpha value is -3.16. The van der Waals surface area contributed by atoms with E-state index in [1.54, 1.807) is 18.3 Å². The lowest BCUT2D eigenvalue weighted by atomic mass is 10.2. The largest absolute Gasteiger partial charge is 0.355 e. The number of pyridine rings is 1. The Morgan fingerprint density at radius 3 is 2.52 bits per heavy atom. The Morgan fingerprint density at radius 2 is 1.83 bits per heavy atom. The number of benzene rings is 1. The molecule has 1 aliphatic heterocycles. The molecule has 3 amide bonds. The van der Waals surface area contributed by atoms with E-state index in [-0.39, 0.29) is 11.8 Å². The van der Waals surface area contributed by atoms with Gasteiger partial charge in [-0.1, -0.05) is 19.9 Å². The molecule has 7 nitrogen and oxygen atoms in total. The Labute approximate surface area is 169 Å². The molecule has 2 N–H and O–H groups in total. The van der Waals surface area contributed by atoms with E-state index in [1.165, 1.54) is 18.2 Å². The van der Waals surface area contributed by atoms with Crippen LogP contribution in [-0.2, 0) is 4.79 Å². The first-order valence-electron chi connectivity index (χ1n) is 9.76. The number of nitrogens with zero attached hydrogens (tertiary/aromatic N) is 3. The Morgan fingerprint density at radius 1 is 1.03 bits per heavy atom. The normalized spacial score (nSPS) is 14.5. The zero-order valence-electron chi connectivity index (χ0n) is 16.7. The van der Waals surface area contributed by atoms with Crippen molar-refractivity contribution in [3.05, 3.63) is 48.4 Å². The highest BCUT2D eigenvalue weighted by Gasteiger charge is 2.21. The van der Waals surface area contributed by atoms with Crippen molar-refractivity contribution in [1.29, 1.82) is 0 Å². The van der Waals surface area contributed by atoms with Crippen LogP contribution in [0.25, 0.3) is 0 Å². The fraction of sp³-hybridized carbons (Fsp3) is 0.381. The molecule has 8 heteroatoms. The molecule has 154 valence electrons. The minimum absolute atomic E-state index is 0.00329. The number of nitrogens with one attached hydrogen (secondary N) is 2. The number of halogens is 1. The first kappa shape index (κ1) is 20.6. The summed E-state index contributed by atoms with van der Waals surface area (Å²) in [5, 5.41) is 5.26. The molecule has 0 atom stereocenters. The van der Waals surface area contributed by atoms with Crippen LogP contribution in [0.5, 0.6) is 0 Å². The molecule has 1 aromatic heterocycles. The number of hydrogen-bond donors (Lipinski definition) is 2. The number of anilines is 3. The maximum atomic E-state index is 13.2. The smallest absolute Gasteiger partial charge is 0.323 e. The molecule has 2 heterocycles. The Kier molecular flexibility index (Phi) is 6.64. The predicted octanol–water partition coefficient (Wildman–Crippen LogP) is 3.56. The van der Waals surface area contributed by atoms with Gasteiger partial charge in [-0.2, -0.15) is 0 Å². The fourth-order valence-electron chi connectivity index (χ4n) is 3.24. The van der Waals surface area contributed by atoms with Crippen LogP contribution in [0.4, 0.5) is 26.4 Å². The molecular weight excluding hydrogens is 373 g/mol. The Bertz CT molecular complexity index is 856. The van der Waals surface area contributed by atoms with Crippen LogP contribution in [-0.4, -0.2) is 48.0 Å². The third-order valence-corrected chi connectivity index (χ3v) is 4.71. The van der Waals surface area contributed by atoms with Gasteiger partial charge in [-0.05, 0) is 36.8 Å². The molecule has 3 rings (SSSR count). The maximum Gasteiger partial charge on any atom is 0.323 e. The molecule has 0 spiro atoms. The van der Waals surface area contributed by atoms with Gasteiger partial charge in [0.15, 0.2) is 0 Å². The molecule has 0 aliphatic carbocycles. The van der Waals surface area contributed by atoms with E-state index in [4.69, 9.17) is 0 Å². The molecule has 2 aromatic rings. The van der Waals surface area contributed by atoms with Crippen LogP contribution < -0.4 is 15.5 Å². The molecule has 1 fully saturated rings. The molecule has 1 aromatic carbocycles. The minimum Gasteiger partial charge on any atom is -0.355 e. The summed E-state index contributed by atoms with van der Waals surface area (Å²) in [5.74, 6) is 0.576. The average molecular weight is 399 g/mol. The van der Waals surface area contributed by atoms with Gasteiger partial charge >= 0.3 is 6.03 Å². The average Bonchev–Trinajstić information content (AvgIpc) is 2.94. The number of hydrogen-bond acceptors (Lipinski definition) is 4. The van der Waals surface area contributed by atoms with E-state index in [0.717, 1.165) is 31.9 Å². The highest BCUT2D eigenvalue weighted by atomic mass is 19.1. The number of carbonyl (C=O) groups excluding carboxylic acids is 2. The lowest BCUT2D eigenvalue weighted by molar-refractivity contribution is -0.134. The first-order chi connectivity index (χ1) is 13.9. The standard InChI is InChI=1S/C21H26FN5O2/c1-15(2)20(28)27-10-4-9-26(11-12-27)19-8-7-18(14-23-19)25-21(29)24-17-6-3-5-16(22)13-17/h3,5-8,13-15H,4,9-12H2,1-2H3,(H2,24,25,29). The highest BCUT2D eigenvalue weighted by molar-refractivity contribution is 5.99. The zero-order valence-corrected chi connectivity index (χ0v) is 16.7. The van der Waals surface area contributed by atoms with Gasteiger partial charge in [0, 0.05) is 37.8 Å². The van der Waals surface area contributed by atoms with Gasteiger partial charge in [-0.15, -0.1) is 0 Å². The van der Waals surface area contributed by atoms with E-state index < -0.39 is 11.8 Å². The van der Waals surface area contributed by atoms with Gasteiger partial charge in [-0.25, -0.2) is 14.2 Å². The van der Waals surface area contributed by atoms with Crippen LogP contribution in [0.1, 0.15) is 20.3 Å². The highest BCUT2D eigenvalue weighted by Crippen LogP contribution is 2.18. The lowest BCUT2D eigenvalue weighted by Crippen LogP contribution is -2.37. The van der Waals surface area contributed by atoms with Gasteiger partial charge in [0.1, 0.15) is 11.6 Å². The number of urea groups is 1. The Balaban J connectivity index is 1.55. The van der Waals surface area contributed by atoms with Crippen molar-refractivity contribution < 1.29 is 14.0 Å². The van der Waals surface area contributed by atoms with Gasteiger partial charge < -0.3 is 20.4 Å². The van der Waals surface area contributed by atoms with E-state index in [1.807, 2.05) is 24.8 Å². The summed E-state index contributed by atoms with van der Waals surface area (Å²) in [6.45, 7) is 6.81. The second-order valence-corrected chi connectivity index (χ2v) is 7.32. The topological polar surface area (TPSA) is 77.6 Å². The molecule has 0 unspecified atom stereocenters. The van der Waals surface area contributed by atoms with E-state index in [0.29, 0.717) is 17.9 Å². The van der Waals surface area contributed by atoms with Crippen LogP contribution >= 0.6 is 0 Å². The summed E-state index contributed by atoms with van der Waals surface area (Å²) >= 11 is 0. The number of amides is 3. The second kappa shape index (κ2) is 9.36. The van der Waals surface area contributed by atoms with E-state index in [2.05, 4.69) is 20.5 Å². The quantitative estimate of drug-likeness (QED) is 0.824. The summed E-state index contributed by atoms with van der Waals surface area (Å²) in [4.78, 5) is 32.8. The van der Waals surface area contributed by atoms with Crippen molar-refractivity contribution in [2.45, 2.75) is 20.3 Å². The predicted molar refractivity (Wildman–Crippen MR) is 112 cm³/mol. The third kappa shape index (κ3) is 5.66. The van der Waals surface area contributed by atoms with Crippen molar-refractivity contribution in [3.63, 3.8) is 0 Å². The molecule has 1 saturated heterocycles. The van der Waals surface area contributed by atoms with E-state index >= 15 is 0 Å². The third-order valence-electron chi connectivity index (χ3n) is 4.71. The van der Waals surface area contributed by atoms with Gasteiger partial charge in [0.2, 0.25) is 5.91 Å². The van der Waals surface area contributed by atoms with Crippen molar-refractivity contribution in [2.75, 3.05) is 41.7 Å². The summed E-state index contributed by atoms with van der Waals surface area (Å²) in [6, 6.07) is 8.84. The molecule has 0 radical (unpaired) electrons. The lowest BCUT2D eigenvalue weighted by Gasteiger charge is -2.24. The molecule has 29 heavy (non-hydrogen) atoms. The van der Waals surface area contributed by atoms with Crippen molar-refractivity contribution >= 4 is 29.1 Å². The fourth-order valence-corrected chi connectivity index (χ4v) is 3.24. The SMILES string of the molecule is CC(C)C(=O)N1CCCN(c2ccc(NC(=O)Nc3cccc(F)c3)cn2)CC1. The first-order valence-corrected chi connectivity index (χ1v) is 9.76. The van der Waals surface area contributed by atoms with Gasteiger partial charge in [0.05, 0.1) is 11.9 Å². The zero-order chi connectivity index (χ0) is 20.8. The van der Waals surface area contributed by atoms with Crippen LogP contribution in [0.15, 0.2) is 42.6 Å². The summed E-state index contributed by atoms with van der Waals surface area (Å²) in [7, 11) is 0. The van der Waals surface area contributed by atoms with Crippen molar-refractivity contribution in [1.82, 2.24) is 9.88 Å². The summed E-state index contributed by atoms with van der Waals surface area (Å²) in [6.07, 6.45) is 2.47. The minimum atomic E-state index is -0.470. The summed E-state index contributed by atoms with van der Waals surface area (Å²) < 4.78 is 13.2. The molecule has 1 aliphatic rings. The van der Waals surface area contributed by atoms with Gasteiger partial charge in [-0.3, -0.25) is 4.79 Å². The van der Waals surface area contributed by atoms with Crippen molar-refractivity contribution in [2.24, 2.45) is 5.92 Å². The number of carbonyl (C=O) groups is 2. The van der Waals surface area contributed by atoms with Crippen LogP contribution in [0.2, 0.25) is 0 Å². The number of rotatable bonds is 4. The molecule has 0 saturated carbocycles. The second-order valence-electron chi connectivity index (χ2n) is 7.32. The van der Waals surface area contributed by atoms with E-state index in [9.17, 15) is 14.0 Å². The monoisotopic (exact) mass is 399 g/mol.